The molecule has 100 valence electrons. The van der Waals surface area contributed by atoms with Gasteiger partial charge >= 0.3 is 0 Å². The minimum absolute atomic E-state index is 0.0845. The zero-order valence-corrected chi connectivity index (χ0v) is 12.1. The van der Waals surface area contributed by atoms with E-state index in [1.807, 2.05) is 0 Å². The Morgan fingerprint density at radius 3 is 2.84 bits per heavy atom. The third-order valence-electron chi connectivity index (χ3n) is 3.21. The Labute approximate surface area is 120 Å². The topological polar surface area (TPSA) is 69.0 Å². The molecular formula is C13H15BrN4O. The van der Waals surface area contributed by atoms with Crippen LogP contribution in [-0.4, -0.2) is 41.5 Å². The van der Waals surface area contributed by atoms with Crippen LogP contribution in [0.2, 0.25) is 0 Å². The van der Waals surface area contributed by atoms with E-state index in [4.69, 9.17) is 5.26 Å². The van der Waals surface area contributed by atoms with Gasteiger partial charge in [-0.2, -0.15) is 5.26 Å². The number of amides is 1. The van der Waals surface area contributed by atoms with Crippen LogP contribution >= 0.6 is 15.9 Å². The Balaban J connectivity index is 1.84. The summed E-state index contributed by atoms with van der Waals surface area (Å²) in [6.45, 7) is 2.19. The second-order valence-electron chi connectivity index (χ2n) is 4.55. The molecule has 1 aromatic heterocycles. The molecule has 0 saturated carbocycles. The fourth-order valence-corrected chi connectivity index (χ4v) is 2.35. The van der Waals surface area contributed by atoms with E-state index in [-0.39, 0.29) is 11.9 Å². The summed E-state index contributed by atoms with van der Waals surface area (Å²) in [6.07, 6.45) is 3.33. The highest BCUT2D eigenvalue weighted by Crippen LogP contribution is 2.11. The lowest BCUT2D eigenvalue weighted by molar-refractivity contribution is 0.0914. The third-order valence-corrected chi connectivity index (χ3v) is 3.68. The van der Waals surface area contributed by atoms with E-state index >= 15 is 0 Å². The summed E-state index contributed by atoms with van der Waals surface area (Å²) in [5.41, 5.74) is 0.572. The molecule has 1 fully saturated rings. The highest BCUT2D eigenvalue weighted by atomic mass is 79.9. The third kappa shape index (κ3) is 4.01. The van der Waals surface area contributed by atoms with Crippen molar-refractivity contribution in [3.05, 3.63) is 28.5 Å². The molecule has 2 heterocycles. The number of rotatable bonds is 3. The Kier molecular flexibility index (Phi) is 4.88. The molecule has 1 N–H and O–H groups in total. The molecule has 0 aromatic carbocycles. The van der Waals surface area contributed by atoms with Crippen molar-refractivity contribution in [1.82, 2.24) is 15.2 Å². The van der Waals surface area contributed by atoms with Gasteiger partial charge in [-0.3, -0.25) is 9.69 Å². The second-order valence-corrected chi connectivity index (χ2v) is 5.36. The molecule has 0 radical (unpaired) electrons. The first-order chi connectivity index (χ1) is 9.19. The van der Waals surface area contributed by atoms with Crippen LogP contribution in [0.1, 0.15) is 23.2 Å². The number of pyridine rings is 1. The lowest BCUT2D eigenvalue weighted by Crippen LogP contribution is -2.44. The minimum atomic E-state index is -0.0845. The number of piperidine rings is 1. The maximum Gasteiger partial charge on any atom is 0.253 e. The molecule has 1 aromatic rings. The van der Waals surface area contributed by atoms with Crippen LogP contribution in [0.3, 0.4) is 0 Å². The van der Waals surface area contributed by atoms with Gasteiger partial charge in [0.25, 0.3) is 5.91 Å². The van der Waals surface area contributed by atoms with E-state index in [0.29, 0.717) is 16.7 Å². The van der Waals surface area contributed by atoms with Gasteiger partial charge in [0.05, 0.1) is 18.2 Å². The molecule has 2 rings (SSSR count). The van der Waals surface area contributed by atoms with Crippen molar-refractivity contribution in [2.24, 2.45) is 0 Å². The maximum atomic E-state index is 12.0. The predicted octanol–water partition coefficient (Wildman–Crippen LogP) is 1.56. The number of halogens is 1. The van der Waals surface area contributed by atoms with Gasteiger partial charge in [0, 0.05) is 25.3 Å². The predicted molar refractivity (Wildman–Crippen MR) is 74.5 cm³/mol. The molecule has 0 atom stereocenters. The number of likely N-dealkylation sites (tertiary alicyclic amines) is 1. The van der Waals surface area contributed by atoms with Crippen molar-refractivity contribution >= 4 is 21.8 Å². The smallest absolute Gasteiger partial charge is 0.253 e. The average molecular weight is 323 g/mol. The molecule has 1 aliphatic heterocycles. The molecule has 0 unspecified atom stereocenters. The number of nitriles is 1. The summed E-state index contributed by atoms with van der Waals surface area (Å²) in [5.74, 6) is -0.0845. The van der Waals surface area contributed by atoms with E-state index in [0.717, 1.165) is 25.9 Å². The van der Waals surface area contributed by atoms with Gasteiger partial charge in [-0.1, -0.05) is 0 Å². The first-order valence-corrected chi connectivity index (χ1v) is 7.00. The van der Waals surface area contributed by atoms with Crippen molar-refractivity contribution in [1.29, 1.82) is 5.26 Å². The highest BCUT2D eigenvalue weighted by Gasteiger charge is 2.20. The average Bonchev–Trinajstić information content (AvgIpc) is 2.42. The SMILES string of the molecule is N#CCN1CCC(NC(=O)c2ccc(Br)nc2)CC1. The van der Waals surface area contributed by atoms with Gasteiger partial charge in [0.2, 0.25) is 0 Å². The molecule has 0 aliphatic carbocycles. The van der Waals surface area contributed by atoms with Crippen LogP contribution in [0, 0.1) is 11.3 Å². The van der Waals surface area contributed by atoms with Crippen LogP contribution in [0.15, 0.2) is 22.9 Å². The van der Waals surface area contributed by atoms with E-state index in [1.54, 1.807) is 18.3 Å². The monoisotopic (exact) mass is 322 g/mol. The van der Waals surface area contributed by atoms with E-state index in [1.165, 1.54) is 0 Å². The quantitative estimate of drug-likeness (QED) is 0.677. The van der Waals surface area contributed by atoms with Crippen LogP contribution in [0.4, 0.5) is 0 Å². The van der Waals surface area contributed by atoms with Gasteiger partial charge in [-0.25, -0.2) is 4.98 Å². The first-order valence-electron chi connectivity index (χ1n) is 6.21. The summed E-state index contributed by atoms with van der Waals surface area (Å²) in [5, 5.41) is 11.6. The van der Waals surface area contributed by atoms with E-state index < -0.39 is 0 Å². The van der Waals surface area contributed by atoms with Crippen molar-refractivity contribution in [3.63, 3.8) is 0 Å². The zero-order valence-electron chi connectivity index (χ0n) is 10.5. The van der Waals surface area contributed by atoms with Gasteiger partial charge in [0.15, 0.2) is 0 Å². The van der Waals surface area contributed by atoms with Crippen molar-refractivity contribution in [2.45, 2.75) is 18.9 Å². The fraction of sp³-hybridized carbons (Fsp3) is 0.462. The summed E-state index contributed by atoms with van der Waals surface area (Å²) in [7, 11) is 0. The van der Waals surface area contributed by atoms with Crippen LogP contribution in [0.5, 0.6) is 0 Å². The molecule has 1 aliphatic rings. The normalized spacial score (nSPS) is 16.8. The Bertz CT molecular complexity index is 474. The van der Waals surface area contributed by atoms with Gasteiger partial charge in [-0.15, -0.1) is 0 Å². The lowest BCUT2D eigenvalue weighted by atomic mass is 10.0. The Hall–Kier alpha value is -1.45. The van der Waals surface area contributed by atoms with E-state index in [2.05, 4.69) is 37.2 Å². The number of nitrogens with one attached hydrogen (secondary N) is 1. The number of aromatic nitrogens is 1. The summed E-state index contributed by atoms with van der Waals surface area (Å²) >= 11 is 3.24. The molecular weight excluding hydrogens is 308 g/mol. The summed E-state index contributed by atoms with van der Waals surface area (Å²) in [6, 6.07) is 5.84. The minimum Gasteiger partial charge on any atom is -0.349 e. The van der Waals surface area contributed by atoms with Crippen LogP contribution in [0.25, 0.3) is 0 Å². The number of hydrogen-bond acceptors (Lipinski definition) is 4. The maximum absolute atomic E-state index is 12.0. The Morgan fingerprint density at radius 1 is 1.53 bits per heavy atom. The number of hydrogen-bond donors (Lipinski definition) is 1. The second kappa shape index (κ2) is 6.64. The molecule has 0 bridgehead atoms. The van der Waals surface area contributed by atoms with Gasteiger partial charge in [-0.05, 0) is 40.9 Å². The number of carbonyl (C=O) groups excluding carboxylic acids is 1. The first kappa shape index (κ1) is 14.0. The molecule has 19 heavy (non-hydrogen) atoms. The Morgan fingerprint density at radius 2 is 2.26 bits per heavy atom. The largest absolute Gasteiger partial charge is 0.349 e. The standard InChI is InChI=1S/C13H15BrN4O/c14-12-2-1-10(9-16-12)13(19)17-11-3-6-18(7-4-11)8-5-15/h1-2,9,11H,3-4,6-8H2,(H,17,19). The molecule has 5 nitrogen and oxygen atoms in total. The van der Waals surface area contributed by atoms with Crippen LogP contribution in [-0.2, 0) is 0 Å². The van der Waals surface area contributed by atoms with Gasteiger partial charge in [0.1, 0.15) is 4.60 Å². The summed E-state index contributed by atoms with van der Waals surface area (Å²) < 4.78 is 0.717. The number of carbonyl (C=O) groups is 1. The molecule has 1 amide bonds. The van der Waals surface area contributed by atoms with Crippen LogP contribution < -0.4 is 5.32 Å². The van der Waals surface area contributed by atoms with Crippen molar-refractivity contribution < 1.29 is 4.79 Å². The van der Waals surface area contributed by atoms with Gasteiger partial charge < -0.3 is 5.32 Å². The lowest BCUT2D eigenvalue weighted by Gasteiger charge is -2.30. The number of nitrogens with zero attached hydrogens (tertiary/aromatic N) is 3. The van der Waals surface area contributed by atoms with E-state index in [9.17, 15) is 4.79 Å². The zero-order chi connectivity index (χ0) is 13.7. The van der Waals surface area contributed by atoms with Crippen molar-refractivity contribution in [3.8, 4) is 6.07 Å². The molecule has 1 saturated heterocycles. The molecule has 6 heteroatoms. The summed E-state index contributed by atoms with van der Waals surface area (Å²) in [4.78, 5) is 18.1. The molecule has 0 spiro atoms. The fourth-order valence-electron chi connectivity index (χ4n) is 2.11. The highest BCUT2D eigenvalue weighted by molar-refractivity contribution is 9.10. The van der Waals surface area contributed by atoms with Crippen molar-refractivity contribution in [2.75, 3.05) is 19.6 Å².